The van der Waals surface area contributed by atoms with Crippen molar-refractivity contribution in [3.63, 3.8) is 0 Å². The lowest BCUT2D eigenvalue weighted by Gasteiger charge is -2.25. The molecule has 0 spiro atoms. The molecule has 0 aliphatic rings. The van der Waals surface area contributed by atoms with Gasteiger partial charge in [0.1, 0.15) is 11.4 Å². The van der Waals surface area contributed by atoms with E-state index in [1.807, 2.05) is 24.3 Å². The molecule has 8 heteroatoms. The maximum absolute atomic E-state index is 12.4. The van der Waals surface area contributed by atoms with Crippen LogP contribution < -0.4 is 15.4 Å². The minimum Gasteiger partial charge on any atom is -0.496 e. The number of aryl methyl sites for hydroxylation is 2. The molecule has 0 saturated carbocycles. The number of primary sulfonamides is 1. The highest BCUT2D eigenvalue weighted by Gasteiger charge is 2.23. The van der Waals surface area contributed by atoms with Crippen molar-refractivity contribution >= 4 is 10.0 Å². The molecule has 0 aliphatic carbocycles. The topological polar surface area (TPSA) is 115 Å². The number of nitrogens with one attached hydrogen (secondary N) is 1. The lowest BCUT2D eigenvalue weighted by molar-refractivity contribution is 0.392. The maximum atomic E-state index is 12.4. The maximum Gasteiger partial charge on any atom is 0.274 e. The summed E-state index contributed by atoms with van der Waals surface area (Å²) in [6.45, 7) is 6.31. The van der Waals surface area contributed by atoms with E-state index in [0.29, 0.717) is 17.7 Å². The van der Waals surface area contributed by atoms with Gasteiger partial charge in [-0.1, -0.05) is 45.0 Å². The van der Waals surface area contributed by atoms with Gasteiger partial charge in [0.25, 0.3) is 5.56 Å². The van der Waals surface area contributed by atoms with Crippen LogP contribution in [0.2, 0.25) is 0 Å². The highest BCUT2D eigenvalue weighted by Crippen LogP contribution is 2.37. The molecule has 0 bridgehead atoms. The Morgan fingerprint density at radius 2 is 1.72 bits per heavy atom. The van der Waals surface area contributed by atoms with E-state index < -0.39 is 10.0 Å². The first-order valence-electron chi connectivity index (χ1n) is 10.3. The average Bonchev–Trinajstić information content (AvgIpc) is 2.71. The van der Waals surface area contributed by atoms with Gasteiger partial charge in [0, 0.05) is 23.5 Å². The molecule has 32 heavy (non-hydrogen) atoms. The molecular formula is C24H29N3O4S. The van der Waals surface area contributed by atoms with Gasteiger partial charge in [-0.2, -0.15) is 0 Å². The van der Waals surface area contributed by atoms with Gasteiger partial charge in [0.2, 0.25) is 10.0 Å². The second-order valence-corrected chi connectivity index (χ2v) is 10.5. The van der Waals surface area contributed by atoms with Crippen LogP contribution in [0.25, 0.3) is 11.3 Å². The molecule has 0 atom stereocenters. The van der Waals surface area contributed by atoms with Crippen LogP contribution in [0.15, 0.2) is 53.6 Å². The largest absolute Gasteiger partial charge is 0.496 e. The normalized spacial score (nSPS) is 12.0. The molecule has 0 aliphatic heterocycles. The predicted molar refractivity (Wildman–Crippen MR) is 126 cm³/mol. The lowest BCUT2D eigenvalue weighted by atomic mass is 9.83. The molecule has 0 amide bonds. The van der Waals surface area contributed by atoms with Crippen LogP contribution in [0.5, 0.6) is 5.75 Å². The Hall–Kier alpha value is -2.97. The smallest absolute Gasteiger partial charge is 0.274 e. The Morgan fingerprint density at radius 3 is 2.28 bits per heavy atom. The molecular weight excluding hydrogens is 426 g/mol. The molecule has 0 radical (unpaired) electrons. The monoisotopic (exact) mass is 455 g/mol. The number of hydrogen-bond acceptors (Lipinski definition) is 5. The molecule has 1 heterocycles. The summed E-state index contributed by atoms with van der Waals surface area (Å²) in [5.41, 5.74) is 4.37. The number of rotatable bonds is 7. The number of H-pyrrole nitrogens is 1. The van der Waals surface area contributed by atoms with Crippen LogP contribution >= 0.6 is 0 Å². The third-order valence-electron chi connectivity index (χ3n) is 5.23. The summed E-state index contributed by atoms with van der Waals surface area (Å²) in [7, 11) is -1.90. The summed E-state index contributed by atoms with van der Waals surface area (Å²) >= 11 is 0. The Labute approximate surface area is 188 Å². The molecule has 3 rings (SSSR count). The van der Waals surface area contributed by atoms with Crippen LogP contribution in [0.4, 0.5) is 0 Å². The van der Waals surface area contributed by atoms with Gasteiger partial charge in [0.05, 0.1) is 12.9 Å². The highest BCUT2D eigenvalue weighted by atomic mass is 32.2. The Balaban J connectivity index is 1.97. The van der Waals surface area contributed by atoms with Gasteiger partial charge in [-0.25, -0.2) is 18.5 Å². The van der Waals surface area contributed by atoms with Crippen LogP contribution in [0.3, 0.4) is 0 Å². The van der Waals surface area contributed by atoms with Crippen LogP contribution in [0, 0.1) is 0 Å². The molecule has 3 aromatic rings. The van der Waals surface area contributed by atoms with Gasteiger partial charge < -0.3 is 9.72 Å². The van der Waals surface area contributed by atoms with Gasteiger partial charge in [0.15, 0.2) is 0 Å². The van der Waals surface area contributed by atoms with Gasteiger partial charge in [-0.05, 0) is 47.1 Å². The standard InChI is InChI=1S/C24H29N3O4S/c1-24(2,3)20-14-19(21-23(28)27-12-11-26-21)13-18(22(20)31-4)10-9-16-5-7-17(8-6-16)15-32(25,29)30/h5-8,11-14H,9-10,15H2,1-4H3,(H,27,28)(H2,25,29,30). The minimum absolute atomic E-state index is 0.184. The molecule has 0 saturated heterocycles. The number of aromatic nitrogens is 2. The summed E-state index contributed by atoms with van der Waals surface area (Å²) in [5, 5.41) is 5.12. The fraction of sp³-hybridized carbons (Fsp3) is 0.333. The summed E-state index contributed by atoms with van der Waals surface area (Å²) in [6, 6.07) is 11.3. The van der Waals surface area contributed by atoms with Crippen molar-refractivity contribution in [2.75, 3.05) is 7.11 Å². The molecule has 0 fully saturated rings. The number of ether oxygens (including phenoxy) is 1. The second-order valence-electron chi connectivity index (χ2n) is 8.86. The zero-order valence-electron chi connectivity index (χ0n) is 18.8. The Bertz CT molecular complexity index is 1260. The number of nitrogens with zero attached hydrogens (tertiary/aromatic N) is 1. The summed E-state index contributed by atoms with van der Waals surface area (Å²) < 4.78 is 28.4. The number of benzene rings is 2. The van der Waals surface area contributed by atoms with Crippen molar-refractivity contribution in [1.82, 2.24) is 9.97 Å². The Morgan fingerprint density at radius 1 is 1.06 bits per heavy atom. The molecule has 2 aromatic carbocycles. The zero-order chi connectivity index (χ0) is 23.5. The van der Waals surface area contributed by atoms with E-state index in [0.717, 1.165) is 34.4 Å². The second kappa shape index (κ2) is 9.26. The first-order chi connectivity index (χ1) is 15.0. The van der Waals surface area contributed by atoms with Crippen molar-refractivity contribution in [2.45, 2.75) is 44.8 Å². The number of sulfonamides is 1. The van der Waals surface area contributed by atoms with Gasteiger partial charge >= 0.3 is 0 Å². The lowest BCUT2D eigenvalue weighted by Crippen LogP contribution is -2.16. The van der Waals surface area contributed by atoms with Crippen molar-refractivity contribution in [1.29, 1.82) is 0 Å². The van der Waals surface area contributed by atoms with Gasteiger partial charge in [-0.3, -0.25) is 4.79 Å². The van der Waals surface area contributed by atoms with E-state index in [4.69, 9.17) is 9.88 Å². The van der Waals surface area contributed by atoms with E-state index >= 15 is 0 Å². The van der Waals surface area contributed by atoms with E-state index in [2.05, 4.69) is 30.7 Å². The average molecular weight is 456 g/mol. The van der Waals surface area contributed by atoms with Crippen molar-refractivity contribution in [2.24, 2.45) is 5.14 Å². The fourth-order valence-corrected chi connectivity index (χ4v) is 4.34. The highest BCUT2D eigenvalue weighted by molar-refractivity contribution is 7.88. The number of nitrogens with two attached hydrogens (primary N) is 1. The molecule has 7 nitrogen and oxygen atoms in total. The van der Waals surface area contributed by atoms with Gasteiger partial charge in [-0.15, -0.1) is 0 Å². The Kier molecular flexibility index (Phi) is 6.85. The summed E-state index contributed by atoms with van der Waals surface area (Å²) in [6.07, 6.45) is 4.48. The fourth-order valence-electron chi connectivity index (χ4n) is 3.68. The van der Waals surface area contributed by atoms with Crippen LogP contribution in [-0.2, 0) is 34.0 Å². The number of hydrogen-bond donors (Lipinski definition) is 2. The van der Waals surface area contributed by atoms with E-state index in [9.17, 15) is 13.2 Å². The van der Waals surface area contributed by atoms with E-state index in [1.165, 1.54) is 6.20 Å². The number of aromatic amines is 1. The quantitative estimate of drug-likeness (QED) is 0.567. The van der Waals surface area contributed by atoms with Crippen LogP contribution in [-0.4, -0.2) is 25.5 Å². The minimum atomic E-state index is -3.56. The zero-order valence-corrected chi connectivity index (χ0v) is 19.6. The molecule has 170 valence electrons. The molecule has 1 aromatic heterocycles. The summed E-state index contributed by atoms with van der Waals surface area (Å²) in [4.78, 5) is 19.3. The number of methoxy groups -OCH3 is 1. The van der Waals surface area contributed by atoms with Crippen LogP contribution in [0.1, 0.15) is 43.0 Å². The first kappa shape index (κ1) is 23.7. The first-order valence-corrected chi connectivity index (χ1v) is 12.0. The molecule has 0 unspecified atom stereocenters. The third kappa shape index (κ3) is 5.83. The molecule has 3 N–H and O–H groups in total. The van der Waals surface area contributed by atoms with Crippen molar-refractivity contribution < 1.29 is 13.2 Å². The van der Waals surface area contributed by atoms with E-state index in [1.54, 1.807) is 25.4 Å². The van der Waals surface area contributed by atoms with Crippen molar-refractivity contribution in [3.05, 3.63) is 81.4 Å². The van der Waals surface area contributed by atoms with Crippen molar-refractivity contribution in [3.8, 4) is 17.0 Å². The van der Waals surface area contributed by atoms with E-state index in [-0.39, 0.29) is 16.7 Å². The summed E-state index contributed by atoms with van der Waals surface area (Å²) in [5.74, 6) is 0.621. The SMILES string of the molecule is COc1c(CCc2ccc(CS(N)(=O)=O)cc2)cc(-c2ncc[nH]c2=O)cc1C(C)(C)C. The third-order valence-corrected chi connectivity index (χ3v) is 5.97. The predicted octanol–water partition coefficient (Wildman–Crippen LogP) is 3.32.